The molecule has 0 spiro atoms. The van der Waals surface area contributed by atoms with E-state index in [2.05, 4.69) is 10.3 Å². The maximum atomic E-state index is 12.3. The van der Waals surface area contributed by atoms with E-state index in [1.165, 1.54) is 0 Å². The Morgan fingerprint density at radius 1 is 1.30 bits per heavy atom. The minimum Gasteiger partial charge on any atom is -0.493 e. The van der Waals surface area contributed by atoms with Crippen LogP contribution in [-0.2, 0) is 16.0 Å². The highest BCUT2D eigenvalue weighted by atomic mass is 16.5. The molecule has 5 nitrogen and oxygen atoms in total. The lowest BCUT2D eigenvalue weighted by Crippen LogP contribution is -2.48. The van der Waals surface area contributed by atoms with E-state index in [4.69, 9.17) is 9.47 Å². The van der Waals surface area contributed by atoms with E-state index in [1.807, 2.05) is 38.2 Å². The van der Waals surface area contributed by atoms with Gasteiger partial charge in [-0.05, 0) is 44.4 Å². The summed E-state index contributed by atoms with van der Waals surface area (Å²) < 4.78 is 11.2. The molecule has 0 aliphatic heterocycles. The van der Waals surface area contributed by atoms with Crippen molar-refractivity contribution in [2.75, 3.05) is 13.2 Å². The number of nitrogens with one attached hydrogen (secondary N) is 2. The lowest BCUT2D eigenvalue weighted by atomic mass is 9.89. The van der Waals surface area contributed by atoms with Gasteiger partial charge in [-0.3, -0.25) is 4.79 Å². The zero-order valence-corrected chi connectivity index (χ0v) is 13.7. The van der Waals surface area contributed by atoms with Crippen LogP contribution in [0.3, 0.4) is 0 Å². The van der Waals surface area contributed by atoms with Crippen LogP contribution in [0.5, 0.6) is 5.75 Å². The number of amides is 1. The van der Waals surface area contributed by atoms with Gasteiger partial charge in [0, 0.05) is 29.7 Å². The molecule has 5 heteroatoms. The van der Waals surface area contributed by atoms with Crippen LogP contribution in [0, 0.1) is 0 Å². The molecule has 1 aromatic heterocycles. The van der Waals surface area contributed by atoms with Gasteiger partial charge in [-0.25, -0.2) is 0 Å². The molecule has 1 saturated carbocycles. The Morgan fingerprint density at radius 2 is 2.13 bits per heavy atom. The maximum Gasteiger partial charge on any atom is 0.224 e. The van der Waals surface area contributed by atoms with Crippen LogP contribution in [0.25, 0.3) is 10.9 Å². The minimum atomic E-state index is 0.0529. The molecule has 1 aliphatic carbocycles. The zero-order chi connectivity index (χ0) is 16.2. The lowest BCUT2D eigenvalue weighted by Gasteiger charge is -2.35. The van der Waals surface area contributed by atoms with Crippen molar-refractivity contribution in [1.29, 1.82) is 0 Å². The fourth-order valence-corrected chi connectivity index (χ4v) is 3.14. The summed E-state index contributed by atoms with van der Waals surface area (Å²) in [5.74, 6) is 0.881. The van der Waals surface area contributed by atoms with Gasteiger partial charge in [-0.2, -0.15) is 0 Å². The third-order valence-corrected chi connectivity index (χ3v) is 4.26. The minimum absolute atomic E-state index is 0.0529. The molecule has 0 bridgehead atoms. The predicted octanol–water partition coefficient (Wildman–Crippen LogP) is 2.79. The molecule has 23 heavy (non-hydrogen) atoms. The SMILES string of the molecule is CCOc1cccc2[nH]cc(CC(=O)NC3CC(OCC)C3)c12. The van der Waals surface area contributed by atoms with Crippen LogP contribution in [0.1, 0.15) is 32.3 Å². The van der Waals surface area contributed by atoms with Gasteiger partial charge in [0.2, 0.25) is 5.91 Å². The number of ether oxygens (including phenoxy) is 2. The molecule has 1 amide bonds. The van der Waals surface area contributed by atoms with Crippen molar-refractivity contribution in [2.24, 2.45) is 0 Å². The third-order valence-electron chi connectivity index (χ3n) is 4.26. The number of fused-ring (bicyclic) bond motifs is 1. The van der Waals surface area contributed by atoms with Crippen LogP contribution in [0.15, 0.2) is 24.4 Å². The van der Waals surface area contributed by atoms with Gasteiger partial charge in [0.25, 0.3) is 0 Å². The van der Waals surface area contributed by atoms with Crippen molar-refractivity contribution in [3.63, 3.8) is 0 Å². The molecule has 1 fully saturated rings. The van der Waals surface area contributed by atoms with Crippen LogP contribution in [-0.4, -0.2) is 36.3 Å². The van der Waals surface area contributed by atoms with Crippen LogP contribution >= 0.6 is 0 Å². The van der Waals surface area contributed by atoms with Gasteiger partial charge in [-0.1, -0.05) is 6.07 Å². The van der Waals surface area contributed by atoms with E-state index in [0.29, 0.717) is 19.1 Å². The van der Waals surface area contributed by atoms with Crippen molar-refractivity contribution < 1.29 is 14.3 Å². The van der Waals surface area contributed by atoms with E-state index >= 15 is 0 Å². The number of H-pyrrole nitrogens is 1. The number of aromatic nitrogens is 1. The van der Waals surface area contributed by atoms with Gasteiger partial charge in [0.15, 0.2) is 0 Å². The predicted molar refractivity (Wildman–Crippen MR) is 89.8 cm³/mol. The van der Waals surface area contributed by atoms with Gasteiger partial charge < -0.3 is 19.8 Å². The molecule has 1 aromatic carbocycles. The molecular formula is C18H24N2O3. The third kappa shape index (κ3) is 3.50. The van der Waals surface area contributed by atoms with Crippen LogP contribution in [0.4, 0.5) is 0 Å². The molecule has 124 valence electrons. The highest BCUT2D eigenvalue weighted by Gasteiger charge is 2.30. The highest BCUT2D eigenvalue weighted by molar-refractivity contribution is 5.93. The van der Waals surface area contributed by atoms with E-state index < -0.39 is 0 Å². The topological polar surface area (TPSA) is 63.4 Å². The van der Waals surface area contributed by atoms with E-state index in [9.17, 15) is 4.79 Å². The first-order valence-electron chi connectivity index (χ1n) is 8.34. The van der Waals surface area contributed by atoms with E-state index in [1.54, 1.807) is 0 Å². The number of aromatic amines is 1. The van der Waals surface area contributed by atoms with E-state index in [0.717, 1.165) is 41.7 Å². The molecule has 3 rings (SSSR count). The molecular weight excluding hydrogens is 292 g/mol. The summed E-state index contributed by atoms with van der Waals surface area (Å²) in [5.41, 5.74) is 1.97. The number of rotatable bonds is 7. The first-order valence-corrected chi connectivity index (χ1v) is 8.34. The van der Waals surface area contributed by atoms with E-state index in [-0.39, 0.29) is 11.9 Å². The molecule has 1 heterocycles. The van der Waals surface area contributed by atoms with Gasteiger partial charge >= 0.3 is 0 Å². The fraction of sp³-hybridized carbons (Fsp3) is 0.500. The molecule has 1 aliphatic rings. The number of hydrogen-bond acceptors (Lipinski definition) is 3. The average Bonchev–Trinajstić information content (AvgIpc) is 2.90. The molecule has 0 atom stereocenters. The monoisotopic (exact) mass is 316 g/mol. The standard InChI is InChI=1S/C18H24N2O3/c1-3-22-14-9-13(10-14)20-17(21)8-12-11-19-15-6-5-7-16(18(12)15)23-4-2/h5-7,11,13-14,19H,3-4,8-10H2,1-2H3,(H,20,21). The number of carbonyl (C=O) groups excluding carboxylic acids is 1. The Bertz CT molecular complexity index is 674. The second kappa shape index (κ2) is 7.04. The second-order valence-electron chi connectivity index (χ2n) is 5.92. The highest BCUT2D eigenvalue weighted by Crippen LogP contribution is 2.29. The number of benzene rings is 1. The van der Waals surface area contributed by atoms with Gasteiger partial charge in [-0.15, -0.1) is 0 Å². The molecule has 0 radical (unpaired) electrons. The summed E-state index contributed by atoms with van der Waals surface area (Å²) in [4.78, 5) is 15.5. The first kappa shape index (κ1) is 15.9. The summed E-state index contributed by atoms with van der Waals surface area (Å²) in [7, 11) is 0. The zero-order valence-electron chi connectivity index (χ0n) is 13.7. The van der Waals surface area contributed by atoms with Crippen molar-refractivity contribution in [1.82, 2.24) is 10.3 Å². The molecule has 0 unspecified atom stereocenters. The Labute approximate surface area is 136 Å². The summed E-state index contributed by atoms with van der Waals surface area (Å²) >= 11 is 0. The first-order chi connectivity index (χ1) is 11.2. The smallest absolute Gasteiger partial charge is 0.224 e. The molecule has 2 aromatic rings. The molecule has 0 saturated heterocycles. The van der Waals surface area contributed by atoms with Gasteiger partial charge in [0.05, 0.1) is 19.1 Å². The summed E-state index contributed by atoms with van der Waals surface area (Å²) in [6.07, 6.45) is 4.40. The van der Waals surface area contributed by atoms with Crippen LogP contribution in [0.2, 0.25) is 0 Å². The van der Waals surface area contributed by atoms with Crippen molar-refractivity contribution in [3.8, 4) is 5.75 Å². The molecule has 2 N–H and O–H groups in total. The Morgan fingerprint density at radius 3 is 2.87 bits per heavy atom. The number of hydrogen-bond donors (Lipinski definition) is 2. The van der Waals surface area contributed by atoms with Crippen molar-refractivity contribution in [2.45, 2.75) is 45.3 Å². The summed E-state index contributed by atoms with van der Waals surface area (Å²) in [6, 6.07) is 6.14. The summed E-state index contributed by atoms with van der Waals surface area (Å²) in [5, 5.41) is 4.09. The largest absolute Gasteiger partial charge is 0.493 e. The Balaban J connectivity index is 1.64. The maximum absolute atomic E-state index is 12.3. The Kier molecular flexibility index (Phi) is 4.86. The van der Waals surface area contributed by atoms with Crippen molar-refractivity contribution >= 4 is 16.8 Å². The Hall–Kier alpha value is -2.01. The van der Waals surface area contributed by atoms with Crippen molar-refractivity contribution in [3.05, 3.63) is 30.0 Å². The summed E-state index contributed by atoms with van der Waals surface area (Å²) in [6.45, 7) is 5.31. The quantitative estimate of drug-likeness (QED) is 0.825. The lowest BCUT2D eigenvalue weighted by molar-refractivity contribution is -0.123. The number of carbonyl (C=O) groups is 1. The normalized spacial score (nSPS) is 20.3. The van der Waals surface area contributed by atoms with Gasteiger partial charge in [0.1, 0.15) is 5.75 Å². The van der Waals surface area contributed by atoms with Crippen LogP contribution < -0.4 is 10.1 Å². The second-order valence-corrected chi connectivity index (χ2v) is 5.92. The average molecular weight is 316 g/mol. The fourth-order valence-electron chi connectivity index (χ4n) is 3.14.